The lowest BCUT2D eigenvalue weighted by atomic mass is 9.76. The SMILES string of the molecule is N#CC1=C(N2CCN(C(=O)c3cccs3)CC2)C2CCCCC2N(Cc2ccc(F)cc2)C1=O. The molecule has 0 N–H and O–H groups in total. The van der Waals surface area contributed by atoms with Gasteiger partial charge in [0.05, 0.1) is 4.88 Å². The van der Waals surface area contributed by atoms with Crippen LogP contribution in [0.25, 0.3) is 0 Å². The zero-order chi connectivity index (χ0) is 23.7. The molecular formula is C26H27FN4O2S. The average Bonchev–Trinajstić information content (AvgIpc) is 3.41. The number of hydrogen-bond acceptors (Lipinski definition) is 5. The summed E-state index contributed by atoms with van der Waals surface area (Å²) in [6.45, 7) is 2.76. The largest absolute Gasteiger partial charge is 0.370 e. The molecule has 34 heavy (non-hydrogen) atoms. The Kier molecular flexibility index (Phi) is 6.38. The van der Waals surface area contributed by atoms with Crippen LogP contribution < -0.4 is 0 Å². The molecular weight excluding hydrogens is 451 g/mol. The van der Waals surface area contributed by atoms with Gasteiger partial charge in [-0.25, -0.2) is 4.39 Å². The number of carbonyl (C=O) groups excluding carboxylic acids is 2. The zero-order valence-electron chi connectivity index (χ0n) is 19.0. The molecule has 1 aromatic carbocycles. The highest BCUT2D eigenvalue weighted by Gasteiger charge is 2.45. The molecule has 2 unspecified atom stereocenters. The summed E-state index contributed by atoms with van der Waals surface area (Å²) in [6, 6.07) is 12.2. The van der Waals surface area contributed by atoms with Crippen molar-refractivity contribution in [1.82, 2.24) is 14.7 Å². The van der Waals surface area contributed by atoms with Crippen LogP contribution >= 0.6 is 11.3 Å². The maximum Gasteiger partial charge on any atom is 0.266 e. The summed E-state index contributed by atoms with van der Waals surface area (Å²) in [5.74, 6) is -0.381. The summed E-state index contributed by atoms with van der Waals surface area (Å²) in [5, 5.41) is 11.9. The molecule has 176 valence electrons. The lowest BCUT2D eigenvalue weighted by Gasteiger charge is -2.49. The molecule has 0 spiro atoms. The Labute approximate surface area is 202 Å². The van der Waals surface area contributed by atoms with Crippen LogP contribution in [0.15, 0.2) is 53.0 Å². The van der Waals surface area contributed by atoms with Crippen molar-refractivity contribution in [3.05, 3.63) is 69.3 Å². The van der Waals surface area contributed by atoms with Gasteiger partial charge < -0.3 is 14.7 Å². The molecule has 1 aromatic heterocycles. The molecule has 1 saturated heterocycles. The lowest BCUT2D eigenvalue weighted by Crippen LogP contribution is -2.56. The number of piperazine rings is 1. The second-order valence-corrected chi connectivity index (χ2v) is 10.1. The Morgan fingerprint density at radius 2 is 1.82 bits per heavy atom. The van der Waals surface area contributed by atoms with Crippen LogP contribution in [0.2, 0.25) is 0 Å². The van der Waals surface area contributed by atoms with Crippen molar-refractivity contribution < 1.29 is 14.0 Å². The predicted octanol–water partition coefficient (Wildman–Crippen LogP) is 4.02. The third kappa shape index (κ3) is 4.21. The van der Waals surface area contributed by atoms with E-state index in [1.54, 1.807) is 12.1 Å². The summed E-state index contributed by atoms with van der Waals surface area (Å²) < 4.78 is 13.4. The van der Waals surface area contributed by atoms with Crippen molar-refractivity contribution in [2.24, 2.45) is 5.92 Å². The number of amides is 2. The molecule has 6 nitrogen and oxygen atoms in total. The first-order valence-corrected chi connectivity index (χ1v) is 12.7. The van der Waals surface area contributed by atoms with Crippen LogP contribution in [0.5, 0.6) is 0 Å². The highest BCUT2D eigenvalue weighted by molar-refractivity contribution is 7.12. The Morgan fingerprint density at radius 3 is 2.50 bits per heavy atom. The van der Waals surface area contributed by atoms with Crippen LogP contribution in [-0.4, -0.2) is 58.7 Å². The highest BCUT2D eigenvalue weighted by atomic mass is 32.1. The Morgan fingerprint density at radius 1 is 1.09 bits per heavy atom. The normalized spacial score (nSPS) is 23.1. The van der Waals surface area contributed by atoms with E-state index in [1.807, 2.05) is 27.3 Å². The maximum atomic E-state index is 13.5. The summed E-state index contributed by atoms with van der Waals surface area (Å²) in [5.41, 5.74) is 1.96. The number of nitriles is 1. The molecule has 1 aliphatic carbocycles. The van der Waals surface area contributed by atoms with Gasteiger partial charge in [0.2, 0.25) is 0 Å². The Bertz CT molecular complexity index is 1130. The first-order valence-electron chi connectivity index (χ1n) is 11.8. The van der Waals surface area contributed by atoms with E-state index in [9.17, 15) is 19.2 Å². The molecule has 5 rings (SSSR count). The molecule has 2 atom stereocenters. The Balaban J connectivity index is 1.39. The van der Waals surface area contributed by atoms with E-state index >= 15 is 0 Å². The minimum absolute atomic E-state index is 0.0317. The van der Waals surface area contributed by atoms with Crippen molar-refractivity contribution in [3.8, 4) is 6.07 Å². The zero-order valence-corrected chi connectivity index (χ0v) is 19.8. The van der Waals surface area contributed by atoms with Crippen LogP contribution in [0.4, 0.5) is 4.39 Å². The minimum atomic E-state index is -0.305. The lowest BCUT2D eigenvalue weighted by molar-refractivity contribution is -0.133. The second kappa shape index (κ2) is 9.59. The number of benzene rings is 1. The van der Waals surface area contributed by atoms with E-state index < -0.39 is 0 Å². The number of carbonyl (C=O) groups is 2. The Hall–Kier alpha value is -3.18. The summed E-state index contributed by atoms with van der Waals surface area (Å²) in [6.07, 6.45) is 3.95. The number of hydrogen-bond donors (Lipinski definition) is 0. The fourth-order valence-corrected chi connectivity index (χ4v) is 6.26. The van der Waals surface area contributed by atoms with Gasteiger partial charge in [-0.15, -0.1) is 11.3 Å². The monoisotopic (exact) mass is 478 g/mol. The fourth-order valence-electron chi connectivity index (χ4n) is 5.57. The maximum absolute atomic E-state index is 13.5. The molecule has 0 bridgehead atoms. The van der Waals surface area contributed by atoms with Gasteiger partial charge in [-0.3, -0.25) is 9.59 Å². The number of halogens is 1. The predicted molar refractivity (Wildman–Crippen MR) is 127 cm³/mol. The third-order valence-electron chi connectivity index (χ3n) is 7.23. The number of thiophene rings is 1. The van der Waals surface area contributed by atoms with E-state index in [2.05, 4.69) is 11.0 Å². The van der Waals surface area contributed by atoms with Crippen molar-refractivity contribution >= 4 is 23.2 Å². The van der Waals surface area contributed by atoms with Crippen LogP contribution in [0.1, 0.15) is 40.9 Å². The third-order valence-corrected chi connectivity index (χ3v) is 8.09. The number of fused-ring (bicyclic) bond motifs is 1. The van der Waals surface area contributed by atoms with E-state index in [1.165, 1.54) is 23.5 Å². The van der Waals surface area contributed by atoms with Gasteiger partial charge in [-0.2, -0.15) is 5.26 Å². The molecule has 1 saturated carbocycles. The van der Waals surface area contributed by atoms with E-state index in [0.717, 1.165) is 41.8 Å². The summed E-state index contributed by atoms with van der Waals surface area (Å²) >= 11 is 1.45. The van der Waals surface area contributed by atoms with E-state index in [0.29, 0.717) is 32.7 Å². The van der Waals surface area contributed by atoms with Gasteiger partial charge in [0.25, 0.3) is 11.8 Å². The van der Waals surface area contributed by atoms with Crippen LogP contribution in [-0.2, 0) is 11.3 Å². The molecule has 2 fully saturated rings. The smallest absolute Gasteiger partial charge is 0.266 e. The molecule has 3 heterocycles. The minimum Gasteiger partial charge on any atom is -0.370 e. The average molecular weight is 479 g/mol. The van der Waals surface area contributed by atoms with Crippen LogP contribution in [0, 0.1) is 23.1 Å². The standard InChI is InChI=1S/C26H27FN4O2S/c27-19-9-7-18(8-10-19)17-31-22-5-2-1-4-20(22)24(21(16-28)25(31)32)29-11-13-30(14-12-29)26(33)23-6-3-15-34-23/h3,6-10,15,20,22H,1-2,4-5,11-14,17H2. The van der Waals surface area contributed by atoms with Gasteiger partial charge >= 0.3 is 0 Å². The molecule has 8 heteroatoms. The van der Waals surface area contributed by atoms with Crippen molar-refractivity contribution in [3.63, 3.8) is 0 Å². The second-order valence-electron chi connectivity index (χ2n) is 9.15. The topological polar surface area (TPSA) is 67.7 Å². The van der Waals surface area contributed by atoms with Gasteiger partial charge in [0.15, 0.2) is 0 Å². The highest BCUT2D eigenvalue weighted by Crippen LogP contribution is 2.41. The molecule has 3 aliphatic rings. The first kappa shape index (κ1) is 22.6. The quantitative estimate of drug-likeness (QED) is 0.666. The van der Waals surface area contributed by atoms with Crippen molar-refractivity contribution in [2.45, 2.75) is 38.3 Å². The number of rotatable bonds is 4. The molecule has 2 aliphatic heterocycles. The van der Waals surface area contributed by atoms with Crippen molar-refractivity contribution in [1.29, 1.82) is 5.26 Å². The summed E-state index contributed by atoms with van der Waals surface area (Å²) in [4.78, 5) is 32.9. The van der Waals surface area contributed by atoms with Crippen LogP contribution in [0.3, 0.4) is 0 Å². The molecule has 0 radical (unpaired) electrons. The van der Waals surface area contributed by atoms with Gasteiger partial charge in [-0.05, 0) is 42.0 Å². The van der Waals surface area contributed by atoms with E-state index in [-0.39, 0.29) is 35.2 Å². The molecule has 2 aromatic rings. The van der Waals surface area contributed by atoms with E-state index in [4.69, 9.17) is 0 Å². The van der Waals surface area contributed by atoms with Gasteiger partial charge in [-0.1, -0.05) is 31.0 Å². The van der Waals surface area contributed by atoms with Crippen molar-refractivity contribution in [2.75, 3.05) is 26.2 Å². The summed E-state index contributed by atoms with van der Waals surface area (Å²) in [7, 11) is 0. The fraction of sp³-hybridized carbons (Fsp3) is 0.423. The van der Waals surface area contributed by atoms with Gasteiger partial charge in [0.1, 0.15) is 17.5 Å². The first-order chi connectivity index (χ1) is 16.6. The van der Waals surface area contributed by atoms with Gasteiger partial charge in [0, 0.05) is 50.4 Å². The molecule has 2 amide bonds. The number of nitrogens with zero attached hydrogens (tertiary/aromatic N) is 4.